The van der Waals surface area contributed by atoms with Crippen LogP contribution >= 0.6 is 11.8 Å². The van der Waals surface area contributed by atoms with Crippen LogP contribution < -0.4 is 0 Å². The SMILES string of the molecule is Fc1ccc2c3c([nH]c2c1)CCN(C1=CC2SC(N4CCOCC4)=NC2N=C1)C3. The van der Waals surface area contributed by atoms with E-state index in [-0.39, 0.29) is 17.2 Å². The van der Waals surface area contributed by atoms with Gasteiger partial charge in [-0.1, -0.05) is 11.8 Å². The van der Waals surface area contributed by atoms with Crippen LogP contribution in [0.3, 0.4) is 0 Å². The Morgan fingerprint density at radius 1 is 1.17 bits per heavy atom. The number of aromatic amines is 1. The molecular formula is C21H22FN5OS. The lowest BCUT2D eigenvalue weighted by Crippen LogP contribution is -2.39. The molecule has 150 valence electrons. The molecule has 0 aliphatic carbocycles. The molecular weight excluding hydrogens is 389 g/mol. The van der Waals surface area contributed by atoms with Crippen molar-refractivity contribution in [2.24, 2.45) is 9.98 Å². The number of aliphatic imine (C=N–C) groups is 2. The molecule has 0 bridgehead atoms. The van der Waals surface area contributed by atoms with E-state index in [1.165, 1.54) is 17.0 Å². The van der Waals surface area contributed by atoms with E-state index in [0.717, 1.165) is 61.9 Å². The van der Waals surface area contributed by atoms with Crippen LogP contribution in [0, 0.1) is 5.82 Å². The number of aromatic nitrogens is 1. The number of allylic oxidation sites excluding steroid dienone is 1. The van der Waals surface area contributed by atoms with Crippen LogP contribution in [0.2, 0.25) is 0 Å². The van der Waals surface area contributed by atoms with Crippen LogP contribution in [0.15, 0.2) is 40.0 Å². The zero-order valence-corrected chi connectivity index (χ0v) is 16.8. The summed E-state index contributed by atoms with van der Waals surface area (Å²) in [6.45, 7) is 5.09. The second-order valence-electron chi connectivity index (χ2n) is 7.82. The molecule has 8 heteroatoms. The summed E-state index contributed by atoms with van der Waals surface area (Å²) in [5, 5.41) is 2.47. The number of nitrogens with zero attached hydrogens (tertiary/aromatic N) is 4. The number of hydrogen-bond acceptors (Lipinski definition) is 6. The van der Waals surface area contributed by atoms with Crippen LogP contribution in [-0.2, 0) is 17.7 Å². The smallest absolute Gasteiger partial charge is 0.162 e. The molecule has 0 radical (unpaired) electrons. The predicted molar refractivity (Wildman–Crippen MR) is 114 cm³/mol. The summed E-state index contributed by atoms with van der Waals surface area (Å²) in [4.78, 5) is 17.7. The third kappa shape index (κ3) is 3.05. The number of dihydropyridines is 1. The number of fused-ring (bicyclic) bond motifs is 4. The number of benzene rings is 1. The molecule has 2 atom stereocenters. The molecule has 1 fully saturated rings. The zero-order valence-electron chi connectivity index (χ0n) is 16.0. The first-order valence-corrected chi connectivity index (χ1v) is 11.0. The van der Waals surface area contributed by atoms with E-state index >= 15 is 0 Å². The number of morpholine rings is 1. The topological polar surface area (TPSA) is 56.2 Å². The van der Waals surface area contributed by atoms with Crippen molar-refractivity contribution in [2.75, 3.05) is 32.8 Å². The van der Waals surface area contributed by atoms with E-state index in [0.29, 0.717) is 0 Å². The van der Waals surface area contributed by atoms with Crippen molar-refractivity contribution >= 4 is 34.0 Å². The Balaban J connectivity index is 1.22. The van der Waals surface area contributed by atoms with Crippen molar-refractivity contribution in [3.63, 3.8) is 0 Å². The summed E-state index contributed by atoms with van der Waals surface area (Å²) in [5.74, 6) is -0.199. The Hall–Kier alpha value is -2.32. The average molecular weight is 412 g/mol. The van der Waals surface area contributed by atoms with Crippen molar-refractivity contribution < 1.29 is 9.13 Å². The Kier molecular flexibility index (Phi) is 4.16. The highest BCUT2D eigenvalue weighted by molar-refractivity contribution is 8.14. The van der Waals surface area contributed by atoms with Crippen LogP contribution in [-0.4, -0.2) is 70.4 Å². The minimum absolute atomic E-state index is 0.0157. The summed E-state index contributed by atoms with van der Waals surface area (Å²) in [6, 6.07) is 5.02. The van der Waals surface area contributed by atoms with Gasteiger partial charge in [0.15, 0.2) is 11.3 Å². The lowest BCUT2D eigenvalue weighted by molar-refractivity contribution is 0.0693. The number of nitrogens with one attached hydrogen (secondary N) is 1. The van der Waals surface area contributed by atoms with Crippen molar-refractivity contribution in [1.29, 1.82) is 0 Å². The number of amidine groups is 1. The largest absolute Gasteiger partial charge is 0.378 e. The van der Waals surface area contributed by atoms with E-state index < -0.39 is 0 Å². The van der Waals surface area contributed by atoms with Crippen molar-refractivity contribution in [3.05, 3.63) is 47.0 Å². The zero-order chi connectivity index (χ0) is 19.4. The minimum atomic E-state index is -0.199. The van der Waals surface area contributed by atoms with Crippen molar-refractivity contribution in [1.82, 2.24) is 14.8 Å². The summed E-state index contributed by atoms with van der Waals surface area (Å²) in [7, 11) is 0. The van der Waals surface area contributed by atoms with Crippen molar-refractivity contribution in [2.45, 2.75) is 24.4 Å². The average Bonchev–Trinajstić information content (AvgIpc) is 3.34. The summed E-state index contributed by atoms with van der Waals surface area (Å²) < 4.78 is 19.0. The molecule has 0 saturated carbocycles. The van der Waals surface area contributed by atoms with Crippen LogP contribution in [0.1, 0.15) is 11.3 Å². The number of ether oxygens (including phenoxy) is 1. The molecule has 6 rings (SSSR count). The third-order valence-corrected chi connectivity index (χ3v) is 7.28. The van der Waals surface area contributed by atoms with E-state index in [1.807, 2.05) is 24.0 Å². The monoisotopic (exact) mass is 411 g/mol. The van der Waals surface area contributed by atoms with Gasteiger partial charge in [-0.15, -0.1) is 0 Å². The third-order valence-electron chi connectivity index (χ3n) is 6.06. The lowest BCUT2D eigenvalue weighted by Gasteiger charge is -2.32. The van der Waals surface area contributed by atoms with E-state index in [4.69, 9.17) is 14.7 Å². The van der Waals surface area contributed by atoms with E-state index in [2.05, 4.69) is 20.9 Å². The second-order valence-corrected chi connectivity index (χ2v) is 8.97. The number of thioether (sulfide) groups is 1. The molecule has 4 aliphatic heterocycles. The highest BCUT2D eigenvalue weighted by atomic mass is 32.2. The fourth-order valence-corrected chi connectivity index (χ4v) is 5.72. The van der Waals surface area contributed by atoms with Gasteiger partial charge in [-0.2, -0.15) is 0 Å². The van der Waals surface area contributed by atoms with Gasteiger partial charge >= 0.3 is 0 Å². The molecule has 1 aromatic carbocycles. The fourth-order valence-electron chi connectivity index (χ4n) is 4.51. The van der Waals surface area contributed by atoms with Crippen LogP contribution in [0.5, 0.6) is 0 Å². The van der Waals surface area contributed by atoms with E-state index in [1.54, 1.807) is 12.1 Å². The lowest BCUT2D eigenvalue weighted by atomic mass is 10.0. The summed E-state index contributed by atoms with van der Waals surface area (Å²) in [6.07, 6.45) is 5.21. The molecule has 1 N–H and O–H groups in total. The van der Waals surface area contributed by atoms with Gasteiger partial charge in [-0.05, 0) is 24.3 Å². The normalized spacial score (nSPS) is 26.4. The Morgan fingerprint density at radius 2 is 2.07 bits per heavy atom. The van der Waals surface area contributed by atoms with Crippen molar-refractivity contribution in [3.8, 4) is 0 Å². The molecule has 0 amide bonds. The van der Waals surface area contributed by atoms with Gasteiger partial charge in [0.2, 0.25) is 0 Å². The number of rotatable bonds is 1. The molecule has 6 nitrogen and oxygen atoms in total. The van der Waals surface area contributed by atoms with Gasteiger partial charge < -0.3 is 19.5 Å². The number of halogens is 1. The van der Waals surface area contributed by atoms with Gasteiger partial charge in [0.25, 0.3) is 0 Å². The Labute approximate surface area is 172 Å². The molecule has 29 heavy (non-hydrogen) atoms. The van der Waals surface area contributed by atoms with Gasteiger partial charge in [0.1, 0.15) is 5.82 Å². The number of hydrogen-bond donors (Lipinski definition) is 1. The van der Waals surface area contributed by atoms with E-state index in [9.17, 15) is 4.39 Å². The summed E-state index contributed by atoms with van der Waals surface area (Å²) in [5.41, 5.74) is 4.55. The first-order valence-electron chi connectivity index (χ1n) is 10.1. The standard InChI is InChI=1S/C21H22FN5OS/c22-13-1-2-15-16-12-27(4-3-17(16)24-18(15)9-13)14-10-19-20(23-11-14)25-21(29-19)26-5-7-28-8-6-26/h1-2,9-11,19-20,24H,3-8,12H2. The molecule has 0 spiro atoms. The quantitative estimate of drug-likeness (QED) is 0.784. The van der Waals surface area contributed by atoms with Gasteiger partial charge in [-0.25, -0.2) is 9.38 Å². The molecule has 1 saturated heterocycles. The molecule has 4 aliphatic rings. The second kappa shape index (κ2) is 6.88. The fraction of sp³-hybridized carbons (Fsp3) is 0.429. The Bertz CT molecular complexity index is 1050. The predicted octanol–water partition coefficient (Wildman–Crippen LogP) is 2.76. The van der Waals surface area contributed by atoms with Crippen LogP contribution in [0.4, 0.5) is 4.39 Å². The summed E-state index contributed by atoms with van der Waals surface area (Å²) >= 11 is 1.82. The Morgan fingerprint density at radius 3 is 2.97 bits per heavy atom. The minimum Gasteiger partial charge on any atom is -0.378 e. The molecule has 5 heterocycles. The first kappa shape index (κ1) is 17.5. The number of H-pyrrole nitrogens is 1. The molecule has 2 aromatic rings. The van der Waals surface area contributed by atoms with Gasteiger partial charge in [-0.3, -0.25) is 4.99 Å². The highest BCUT2D eigenvalue weighted by Gasteiger charge is 2.34. The maximum absolute atomic E-state index is 13.6. The first-order chi connectivity index (χ1) is 14.2. The maximum atomic E-state index is 13.6. The molecule has 1 aromatic heterocycles. The highest BCUT2D eigenvalue weighted by Crippen LogP contribution is 2.35. The molecule has 2 unspecified atom stereocenters. The van der Waals surface area contributed by atoms with Gasteiger partial charge in [0, 0.05) is 61.0 Å². The van der Waals surface area contributed by atoms with Gasteiger partial charge in [0.05, 0.1) is 24.2 Å². The van der Waals surface area contributed by atoms with Crippen LogP contribution in [0.25, 0.3) is 10.9 Å². The maximum Gasteiger partial charge on any atom is 0.162 e.